The molecule has 1 aliphatic heterocycles. The van der Waals surface area contributed by atoms with Gasteiger partial charge in [-0.15, -0.1) is 0 Å². The van der Waals surface area contributed by atoms with Crippen molar-refractivity contribution in [1.82, 2.24) is 19.7 Å². The summed E-state index contributed by atoms with van der Waals surface area (Å²) in [5, 5.41) is 12.5. The zero-order valence-electron chi connectivity index (χ0n) is 16.8. The van der Waals surface area contributed by atoms with Gasteiger partial charge in [-0.3, -0.25) is 9.59 Å². The number of aryl methyl sites for hydroxylation is 1. The molecule has 0 aromatic carbocycles. The fraction of sp³-hybridized carbons (Fsp3) is 0.500. The van der Waals surface area contributed by atoms with Crippen LogP contribution in [0.3, 0.4) is 0 Å². The predicted octanol–water partition coefficient (Wildman–Crippen LogP) is 2.35. The number of nitrogens with two attached hydrogens (primary N) is 1. The van der Waals surface area contributed by atoms with Crippen molar-refractivity contribution in [1.29, 1.82) is 0 Å². The summed E-state index contributed by atoms with van der Waals surface area (Å²) < 4.78 is 45.0. The van der Waals surface area contributed by atoms with E-state index in [1.54, 1.807) is 11.8 Å². The van der Waals surface area contributed by atoms with E-state index >= 15 is 0 Å². The summed E-state index contributed by atoms with van der Waals surface area (Å²) in [5.41, 5.74) is 4.51. The van der Waals surface area contributed by atoms with Crippen molar-refractivity contribution < 1.29 is 32.6 Å². The van der Waals surface area contributed by atoms with Gasteiger partial charge in [-0.1, -0.05) is 6.92 Å². The van der Waals surface area contributed by atoms with E-state index in [1.165, 1.54) is 7.05 Å². The van der Waals surface area contributed by atoms with Gasteiger partial charge in [-0.05, 0) is 18.8 Å². The molecule has 3 rings (SSSR count). The van der Waals surface area contributed by atoms with Crippen LogP contribution in [0.2, 0.25) is 0 Å². The molecule has 1 aliphatic rings. The number of rotatable bonds is 6. The molecule has 2 aromatic heterocycles. The van der Waals surface area contributed by atoms with Crippen LogP contribution < -0.4 is 15.4 Å². The molecule has 0 bridgehead atoms. The number of alkyl halides is 3. The molecule has 3 N–H and O–H groups in total. The highest BCUT2D eigenvalue weighted by atomic mass is 19.4. The van der Waals surface area contributed by atoms with E-state index in [1.807, 2.05) is 0 Å². The summed E-state index contributed by atoms with van der Waals surface area (Å²) in [6.07, 6.45) is -3.11. The number of nitrogens with zero attached hydrogens (tertiary/aromatic N) is 5. The maximum Gasteiger partial charge on any atom is 0.435 e. The molecule has 1 unspecified atom stereocenters. The van der Waals surface area contributed by atoms with Crippen molar-refractivity contribution >= 4 is 24.0 Å². The Morgan fingerprint density at radius 1 is 1.35 bits per heavy atom. The Morgan fingerprint density at radius 2 is 2.00 bits per heavy atom. The molecule has 31 heavy (non-hydrogen) atoms. The minimum atomic E-state index is -4.67. The molecule has 0 saturated carbocycles. The Hall–Kier alpha value is -3.38. The molecular weight excluding hydrogens is 421 g/mol. The first-order valence-electron chi connectivity index (χ1n) is 9.40. The highest BCUT2D eigenvalue weighted by Crippen LogP contribution is 2.35. The molecule has 0 amide bonds. The fourth-order valence-corrected chi connectivity index (χ4v) is 3.47. The molecule has 1 atom stereocenters. The molecule has 1 fully saturated rings. The molecule has 0 aliphatic carbocycles. The Balaban J connectivity index is 1.88. The maximum atomic E-state index is 12.9. The third-order valence-electron chi connectivity index (χ3n) is 5.29. The lowest BCUT2D eigenvalue weighted by Gasteiger charge is -2.35. The van der Waals surface area contributed by atoms with Crippen LogP contribution in [0.15, 0.2) is 6.07 Å². The summed E-state index contributed by atoms with van der Waals surface area (Å²) in [6.45, 7) is 2.49. The first-order chi connectivity index (χ1) is 14.5. The highest BCUT2D eigenvalue weighted by Gasteiger charge is 2.35. The van der Waals surface area contributed by atoms with Crippen LogP contribution >= 0.6 is 0 Å². The summed E-state index contributed by atoms with van der Waals surface area (Å²) in [4.78, 5) is 32.7. The van der Waals surface area contributed by atoms with Crippen molar-refractivity contribution in [2.24, 2.45) is 18.9 Å². The van der Waals surface area contributed by atoms with Crippen LogP contribution in [0.5, 0.6) is 11.8 Å². The van der Waals surface area contributed by atoms with Gasteiger partial charge < -0.3 is 20.5 Å². The number of carbonyl (C=O) groups excluding carboxylic acids is 1. The van der Waals surface area contributed by atoms with E-state index < -0.39 is 23.8 Å². The maximum absolute atomic E-state index is 12.9. The molecule has 168 valence electrons. The number of hydrogen-bond donors (Lipinski definition) is 2. The Bertz CT molecular complexity index is 985. The predicted molar refractivity (Wildman–Crippen MR) is 102 cm³/mol. The fourth-order valence-electron chi connectivity index (χ4n) is 3.47. The van der Waals surface area contributed by atoms with Crippen LogP contribution in [-0.4, -0.2) is 50.2 Å². The number of aliphatic carboxylic acids is 1. The number of ether oxygens (including phenoxy) is 1. The van der Waals surface area contributed by atoms with Crippen LogP contribution in [0.25, 0.3) is 0 Å². The Kier molecular flexibility index (Phi) is 6.04. The van der Waals surface area contributed by atoms with E-state index in [9.17, 15) is 27.9 Å². The topological polar surface area (TPSA) is 136 Å². The number of piperidine rings is 1. The number of carboxylic acids is 1. The number of carboxylic acid groups (broad SMARTS) is 1. The number of halogens is 3. The zero-order valence-corrected chi connectivity index (χ0v) is 16.8. The van der Waals surface area contributed by atoms with E-state index in [2.05, 4.69) is 15.1 Å². The SMILES string of the molecule is CC(C(=O)O)C1CCN(c2nc(N)nc(Oc3cc(C(F)(F)F)nn3C)c2C=O)CC1. The first-order valence-corrected chi connectivity index (χ1v) is 9.40. The lowest BCUT2D eigenvalue weighted by atomic mass is 9.85. The van der Waals surface area contributed by atoms with Crippen LogP contribution in [0.4, 0.5) is 24.9 Å². The van der Waals surface area contributed by atoms with Crippen LogP contribution in [0, 0.1) is 11.8 Å². The smallest absolute Gasteiger partial charge is 0.435 e. The second-order valence-electron chi connectivity index (χ2n) is 7.28. The van der Waals surface area contributed by atoms with Gasteiger partial charge in [0.2, 0.25) is 17.7 Å². The second-order valence-corrected chi connectivity index (χ2v) is 7.28. The molecule has 3 heterocycles. The molecule has 0 spiro atoms. The van der Waals surface area contributed by atoms with Gasteiger partial charge in [0.05, 0.1) is 5.92 Å². The van der Waals surface area contributed by atoms with E-state index in [-0.39, 0.29) is 35.0 Å². The summed E-state index contributed by atoms with van der Waals surface area (Å²) in [7, 11) is 1.25. The molecule has 1 saturated heterocycles. The van der Waals surface area contributed by atoms with Crippen molar-refractivity contribution in [2.45, 2.75) is 25.9 Å². The van der Waals surface area contributed by atoms with Gasteiger partial charge in [0.1, 0.15) is 11.4 Å². The van der Waals surface area contributed by atoms with Crippen molar-refractivity contribution in [3.63, 3.8) is 0 Å². The third-order valence-corrected chi connectivity index (χ3v) is 5.29. The highest BCUT2D eigenvalue weighted by molar-refractivity contribution is 5.86. The minimum absolute atomic E-state index is 0.0291. The quantitative estimate of drug-likeness (QED) is 0.646. The number of aromatic nitrogens is 4. The summed E-state index contributed by atoms with van der Waals surface area (Å²) in [5.74, 6) is -2.03. The van der Waals surface area contributed by atoms with Crippen LogP contribution in [-0.2, 0) is 18.0 Å². The Morgan fingerprint density at radius 3 is 2.52 bits per heavy atom. The van der Waals surface area contributed by atoms with Gasteiger partial charge in [0.25, 0.3) is 0 Å². The van der Waals surface area contributed by atoms with Gasteiger partial charge in [-0.25, -0.2) is 4.68 Å². The second kappa shape index (κ2) is 8.40. The third kappa shape index (κ3) is 4.70. The number of hydrogen-bond acceptors (Lipinski definition) is 8. The number of anilines is 2. The molecule has 2 aromatic rings. The van der Waals surface area contributed by atoms with E-state index in [0.29, 0.717) is 38.3 Å². The normalized spacial score (nSPS) is 16.2. The average molecular weight is 442 g/mol. The van der Waals surface area contributed by atoms with Gasteiger partial charge in [0, 0.05) is 26.2 Å². The Labute approximate surface area is 174 Å². The molecular formula is C18H21F3N6O4. The molecule has 10 nitrogen and oxygen atoms in total. The average Bonchev–Trinajstić information content (AvgIpc) is 3.08. The number of aldehydes is 1. The standard InChI is InChI=1S/C18H21F3N6O4/c1-9(16(29)30)10-3-5-27(6-4-10)14-11(8-28)15(24-17(22)23-14)31-13-7-12(18(19,20)21)25-26(13)2/h7-10H,3-6H2,1-2H3,(H,29,30)(H2,22,23,24). The lowest BCUT2D eigenvalue weighted by molar-refractivity contribution is -0.143. The largest absolute Gasteiger partial charge is 0.481 e. The van der Waals surface area contributed by atoms with Crippen molar-refractivity contribution in [3.05, 3.63) is 17.3 Å². The summed E-state index contributed by atoms with van der Waals surface area (Å²) >= 11 is 0. The van der Waals surface area contributed by atoms with Gasteiger partial charge in [-0.2, -0.15) is 28.2 Å². The van der Waals surface area contributed by atoms with Crippen molar-refractivity contribution in [2.75, 3.05) is 23.7 Å². The minimum Gasteiger partial charge on any atom is -0.481 e. The monoisotopic (exact) mass is 442 g/mol. The molecule has 13 heteroatoms. The van der Waals surface area contributed by atoms with Gasteiger partial charge >= 0.3 is 12.1 Å². The van der Waals surface area contributed by atoms with E-state index in [4.69, 9.17) is 10.5 Å². The zero-order chi connectivity index (χ0) is 22.9. The number of carbonyl (C=O) groups is 2. The van der Waals surface area contributed by atoms with Crippen LogP contribution in [0.1, 0.15) is 35.8 Å². The number of nitrogen functional groups attached to an aromatic ring is 1. The van der Waals surface area contributed by atoms with Gasteiger partial charge in [0.15, 0.2) is 12.0 Å². The lowest BCUT2D eigenvalue weighted by Crippen LogP contribution is -2.38. The summed E-state index contributed by atoms with van der Waals surface area (Å²) in [6, 6.07) is 0.686. The van der Waals surface area contributed by atoms with E-state index in [0.717, 1.165) is 4.68 Å². The van der Waals surface area contributed by atoms with Crippen molar-refractivity contribution in [3.8, 4) is 11.8 Å². The first kappa shape index (κ1) is 22.3. The molecule has 0 radical (unpaired) electrons.